The van der Waals surface area contributed by atoms with Gasteiger partial charge in [0.2, 0.25) is 0 Å². The molecule has 0 atom stereocenters. The summed E-state index contributed by atoms with van der Waals surface area (Å²) < 4.78 is 10.4. The van der Waals surface area contributed by atoms with Crippen LogP contribution in [-0.4, -0.2) is 55.4 Å². The van der Waals surface area contributed by atoms with E-state index in [9.17, 15) is 9.90 Å². The minimum absolute atomic E-state index is 0.0948. The molecule has 1 saturated heterocycles. The Balaban J connectivity index is 2.08. The Morgan fingerprint density at radius 3 is 2.71 bits per heavy atom. The summed E-state index contributed by atoms with van der Waals surface area (Å²) in [4.78, 5) is 14.2. The van der Waals surface area contributed by atoms with Crippen LogP contribution in [0.25, 0.3) is 0 Å². The number of benzene rings is 1. The minimum Gasteiger partial charge on any atom is -0.388 e. The van der Waals surface area contributed by atoms with E-state index in [1.54, 1.807) is 25.1 Å². The molecule has 2 rings (SSSR count). The Kier molecular flexibility index (Phi) is 5.33. The average molecular weight is 293 g/mol. The molecule has 0 bridgehead atoms. The molecule has 5 heteroatoms. The molecule has 1 heterocycles. The zero-order chi connectivity index (χ0) is 15.3. The van der Waals surface area contributed by atoms with E-state index in [1.807, 2.05) is 18.2 Å². The molecule has 1 amide bonds. The highest BCUT2D eigenvalue weighted by Crippen LogP contribution is 2.22. The second kappa shape index (κ2) is 7.02. The summed E-state index contributed by atoms with van der Waals surface area (Å²) in [6.07, 6.45) is 1.12. The van der Waals surface area contributed by atoms with Gasteiger partial charge in [-0.15, -0.1) is 0 Å². The largest absolute Gasteiger partial charge is 0.388 e. The monoisotopic (exact) mass is 293 g/mol. The van der Waals surface area contributed by atoms with Crippen LogP contribution in [0.3, 0.4) is 0 Å². The van der Waals surface area contributed by atoms with E-state index in [2.05, 4.69) is 0 Å². The van der Waals surface area contributed by atoms with Gasteiger partial charge < -0.3 is 19.5 Å². The van der Waals surface area contributed by atoms with Gasteiger partial charge in [-0.25, -0.2) is 0 Å². The topological polar surface area (TPSA) is 59.0 Å². The van der Waals surface area contributed by atoms with E-state index in [0.717, 1.165) is 5.56 Å². The predicted molar refractivity (Wildman–Crippen MR) is 79.1 cm³/mol. The van der Waals surface area contributed by atoms with E-state index in [0.29, 0.717) is 44.8 Å². The van der Waals surface area contributed by atoms with Gasteiger partial charge in [0.15, 0.2) is 0 Å². The number of methoxy groups -OCH3 is 1. The van der Waals surface area contributed by atoms with Crippen LogP contribution in [0.2, 0.25) is 0 Å². The van der Waals surface area contributed by atoms with E-state index in [1.165, 1.54) is 0 Å². The summed E-state index contributed by atoms with van der Waals surface area (Å²) in [7, 11) is 3.33. The van der Waals surface area contributed by atoms with E-state index >= 15 is 0 Å². The molecule has 0 unspecified atom stereocenters. The van der Waals surface area contributed by atoms with Crippen LogP contribution in [-0.2, 0) is 16.1 Å². The number of likely N-dealkylation sites (N-methyl/N-ethyl adjacent to an activating group) is 1. The van der Waals surface area contributed by atoms with E-state index in [-0.39, 0.29) is 5.91 Å². The Labute approximate surface area is 125 Å². The SMILES string of the molecule is COCc1ccccc1C(=O)N(C)CC1(O)CCOCC1. The zero-order valence-corrected chi connectivity index (χ0v) is 12.7. The molecule has 1 N–H and O–H groups in total. The number of ether oxygens (including phenoxy) is 2. The number of carbonyl (C=O) groups excluding carboxylic acids is 1. The van der Waals surface area contributed by atoms with E-state index in [4.69, 9.17) is 9.47 Å². The molecule has 0 spiro atoms. The van der Waals surface area contributed by atoms with Crippen LogP contribution in [0.15, 0.2) is 24.3 Å². The molecule has 0 saturated carbocycles. The average Bonchev–Trinajstić information content (AvgIpc) is 2.47. The summed E-state index contributed by atoms with van der Waals surface area (Å²) in [6, 6.07) is 7.40. The van der Waals surface area contributed by atoms with Crippen LogP contribution < -0.4 is 0 Å². The lowest BCUT2D eigenvalue weighted by Crippen LogP contribution is -2.47. The molecule has 21 heavy (non-hydrogen) atoms. The quantitative estimate of drug-likeness (QED) is 0.892. The van der Waals surface area contributed by atoms with Crippen molar-refractivity contribution in [2.24, 2.45) is 0 Å². The van der Waals surface area contributed by atoms with Crippen molar-refractivity contribution < 1.29 is 19.4 Å². The maximum absolute atomic E-state index is 12.6. The van der Waals surface area contributed by atoms with E-state index < -0.39 is 5.60 Å². The molecule has 1 aliphatic rings. The lowest BCUT2D eigenvalue weighted by atomic mass is 9.93. The van der Waals surface area contributed by atoms with Gasteiger partial charge in [-0.05, 0) is 11.6 Å². The number of rotatable bonds is 5. The van der Waals surface area contributed by atoms with Gasteiger partial charge in [0, 0.05) is 52.3 Å². The van der Waals surface area contributed by atoms with Gasteiger partial charge in [0.05, 0.1) is 12.2 Å². The van der Waals surface area contributed by atoms with Crippen LogP contribution in [0.1, 0.15) is 28.8 Å². The smallest absolute Gasteiger partial charge is 0.254 e. The van der Waals surface area contributed by atoms with Crippen molar-refractivity contribution in [3.63, 3.8) is 0 Å². The fourth-order valence-corrected chi connectivity index (χ4v) is 2.64. The van der Waals surface area contributed by atoms with Crippen LogP contribution >= 0.6 is 0 Å². The van der Waals surface area contributed by atoms with Crippen molar-refractivity contribution in [2.45, 2.75) is 25.0 Å². The van der Waals surface area contributed by atoms with Gasteiger partial charge in [-0.3, -0.25) is 4.79 Å². The first kappa shape index (κ1) is 15.9. The van der Waals surface area contributed by atoms with Gasteiger partial charge in [0.25, 0.3) is 5.91 Å². The van der Waals surface area contributed by atoms with Crippen LogP contribution in [0.5, 0.6) is 0 Å². The van der Waals surface area contributed by atoms with Crippen molar-refractivity contribution in [1.29, 1.82) is 0 Å². The summed E-state index contributed by atoms with van der Waals surface area (Å²) in [5.74, 6) is -0.0948. The third kappa shape index (κ3) is 4.03. The van der Waals surface area contributed by atoms with Gasteiger partial charge in [0.1, 0.15) is 0 Å². The lowest BCUT2D eigenvalue weighted by molar-refractivity contribution is -0.0734. The Morgan fingerprint density at radius 2 is 2.05 bits per heavy atom. The maximum atomic E-state index is 12.6. The minimum atomic E-state index is -0.848. The first-order valence-corrected chi connectivity index (χ1v) is 7.18. The van der Waals surface area contributed by atoms with Gasteiger partial charge in [-0.1, -0.05) is 18.2 Å². The maximum Gasteiger partial charge on any atom is 0.254 e. The Bertz CT molecular complexity index is 483. The highest BCUT2D eigenvalue weighted by molar-refractivity contribution is 5.95. The van der Waals surface area contributed by atoms with Crippen molar-refractivity contribution in [1.82, 2.24) is 4.90 Å². The Morgan fingerprint density at radius 1 is 1.38 bits per heavy atom. The number of aliphatic hydroxyl groups is 1. The van der Waals surface area contributed by atoms with Crippen molar-refractivity contribution in [3.05, 3.63) is 35.4 Å². The zero-order valence-electron chi connectivity index (χ0n) is 12.7. The summed E-state index contributed by atoms with van der Waals surface area (Å²) in [5.41, 5.74) is 0.632. The van der Waals surface area contributed by atoms with Crippen molar-refractivity contribution in [2.75, 3.05) is 33.9 Å². The molecule has 116 valence electrons. The van der Waals surface area contributed by atoms with Crippen molar-refractivity contribution in [3.8, 4) is 0 Å². The number of carbonyl (C=O) groups is 1. The first-order valence-electron chi connectivity index (χ1n) is 7.18. The van der Waals surface area contributed by atoms with Crippen LogP contribution in [0.4, 0.5) is 0 Å². The highest BCUT2D eigenvalue weighted by atomic mass is 16.5. The molecular formula is C16H23NO4. The second-order valence-electron chi connectivity index (χ2n) is 5.59. The predicted octanol–water partition coefficient (Wildman–Crippen LogP) is 1.45. The van der Waals surface area contributed by atoms with Crippen LogP contribution in [0, 0.1) is 0 Å². The highest BCUT2D eigenvalue weighted by Gasteiger charge is 2.32. The number of amides is 1. The molecule has 0 aromatic heterocycles. The fraction of sp³-hybridized carbons (Fsp3) is 0.562. The molecule has 0 radical (unpaired) electrons. The van der Waals surface area contributed by atoms with Crippen molar-refractivity contribution >= 4 is 5.91 Å². The summed E-state index contributed by atoms with van der Waals surface area (Å²) in [6.45, 7) is 1.79. The molecular weight excluding hydrogens is 270 g/mol. The summed E-state index contributed by atoms with van der Waals surface area (Å²) >= 11 is 0. The fourth-order valence-electron chi connectivity index (χ4n) is 2.64. The normalized spacial score (nSPS) is 17.5. The number of hydrogen-bond acceptors (Lipinski definition) is 4. The van der Waals surface area contributed by atoms with Gasteiger partial charge in [-0.2, -0.15) is 0 Å². The lowest BCUT2D eigenvalue weighted by Gasteiger charge is -2.35. The molecule has 0 aliphatic carbocycles. The van der Waals surface area contributed by atoms with Gasteiger partial charge >= 0.3 is 0 Å². The second-order valence-corrected chi connectivity index (χ2v) is 5.59. The molecule has 1 aromatic rings. The number of hydrogen-bond donors (Lipinski definition) is 1. The molecule has 1 aromatic carbocycles. The number of nitrogens with zero attached hydrogens (tertiary/aromatic N) is 1. The molecule has 1 fully saturated rings. The summed E-state index contributed by atoms with van der Waals surface area (Å²) in [5, 5.41) is 10.5. The third-order valence-corrected chi connectivity index (χ3v) is 3.85. The Hall–Kier alpha value is -1.43. The molecule has 1 aliphatic heterocycles. The molecule has 5 nitrogen and oxygen atoms in total. The first-order chi connectivity index (χ1) is 10.1. The standard InChI is InChI=1S/C16H23NO4/c1-17(12-16(19)7-9-21-10-8-16)15(18)14-6-4-3-5-13(14)11-20-2/h3-6,19H,7-12H2,1-2H3. The third-order valence-electron chi connectivity index (χ3n) is 3.85.